The van der Waals surface area contributed by atoms with Crippen LogP contribution in [0.15, 0.2) is 36.7 Å². The fourth-order valence-corrected chi connectivity index (χ4v) is 5.72. The largest absolute Gasteiger partial charge is 0.396 e. The molecular formula is C31H50N2O. The summed E-state index contributed by atoms with van der Waals surface area (Å²) in [5.41, 5.74) is 7.32. The van der Waals surface area contributed by atoms with Gasteiger partial charge in [-0.3, -0.25) is 0 Å². The van der Waals surface area contributed by atoms with E-state index < -0.39 is 0 Å². The Morgan fingerprint density at radius 3 is 2.29 bits per heavy atom. The Balaban J connectivity index is 1.49. The molecule has 1 aliphatic carbocycles. The van der Waals surface area contributed by atoms with Crippen molar-refractivity contribution in [1.29, 1.82) is 0 Å². The number of hydrogen-bond donors (Lipinski definition) is 2. The van der Waals surface area contributed by atoms with Crippen LogP contribution in [-0.4, -0.2) is 36.2 Å². The number of likely N-dealkylation sites (tertiary alicyclic amines) is 1. The molecule has 0 saturated carbocycles. The number of piperidine rings is 1. The van der Waals surface area contributed by atoms with Crippen molar-refractivity contribution in [2.75, 3.05) is 26.2 Å². The highest BCUT2D eigenvalue weighted by molar-refractivity contribution is 5.66. The standard InChI is InChI=1S/C31H50N2O/c1-24(27-12-13-28-29(22-27)31(5,6)17-16-30(28,3)4)23-32-25(2)26-14-19-33(20-15-26)18-10-8-7-9-11-21-34/h12-13,22-23,26,32,34H,2,7-11,14-21H2,1,3-6H3/b24-23+. The molecule has 190 valence electrons. The summed E-state index contributed by atoms with van der Waals surface area (Å²) in [6.45, 7) is 20.1. The Hall–Kier alpha value is -1.58. The molecule has 1 aromatic rings. The number of rotatable bonds is 11. The summed E-state index contributed by atoms with van der Waals surface area (Å²) in [5, 5.41) is 12.4. The van der Waals surface area contributed by atoms with Crippen molar-refractivity contribution >= 4 is 5.57 Å². The van der Waals surface area contributed by atoms with Gasteiger partial charge in [0.2, 0.25) is 0 Å². The predicted octanol–water partition coefficient (Wildman–Crippen LogP) is 7.15. The minimum atomic E-state index is 0.242. The van der Waals surface area contributed by atoms with E-state index in [4.69, 9.17) is 5.11 Å². The fourth-order valence-electron chi connectivity index (χ4n) is 5.72. The summed E-state index contributed by atoms with van der Waals surface area (Å²) in [4.78, 5) is 2.62. The average Bonchev–Trinajstić information content (AvgIpc) is 2.82. The van der Waals surface area contributed by atoms with Gasteiger partial charge in [0.1, 0.15) is 0 Å². The summed E-state index contributed by atoms with van der Waals surface area (Å²) in [7, 11) is 0. The molecule has 3 nitrogen and oxygen atoms in total. The van der Waals surface area contributed by atoms with E-state index in [9.17, 15) is 0 Å². The van der Waals surface area contributed by atoms with Crippen molar-refractivity contribution in [3.8, 4) is 0 Å². The number of aliphatic hydroxyl groups excluding tert-OH is 1. The molecule has 0 radical (unpaired) electrons. The van der Waals surface area contributed by atoms with Crippen LogP contribution in [-0.2, 0) is 10.8 Å². The molecule has 1 aromatic carbocycles. The minimum absolute atomic E-state index is 0.242. The van der Waals surface area contributed by atoms with Crippen molar-refractivity contribution in [1.82, 2.24) is 10.2 Å². The second-order valence-electron chi connectivity index (χ2n) is 12.1. The van der Waals surface area contributed by atoms with Gasteiger partial charge in [-0.15, -0.1) is 0 Å². The van der Waals surface area contributed by atoms with Crippen LogP contribution in [0.3, 0.4) is 0 Å². The molecule has 3 heteroatoms. The predicted molar refractivity (Wildman–Crippen MR) is 147 cm³/mol. The average molecular weight is 467 g/mol. The monoisotopic (exact) mass is 466 g/mol. The van der Waals surface area contributed by atoms with E-state index in [1.807, 2.05) is 0 Å². The maximum atomic E-state index is 8.88. The number of fused-ring (bicyclic) bond motifs is 1. The van der Waals surface area contributed by atoms with Crippen LogP contribution in [0, 0.1) is 5.92 Å². The van der Waals surface area contributed by atoms with Crippen LogP contribution in [0.2, 0.25) is 0 Å². The van der Waals surface area contributed by atoms with Gasteiger partial charge in [0.25, 0.3) is 0 Å². The van der Waals surface area contributed by atoms with E-state index >= 15 is 0 Å². The van der Waals surface area contributed by atoms with Gasteiger partial charge in [-0.2, -0.15) is 0 Å². The number of unbranched alkanes of at least 4 members (excludes halogenated alkanes) is 4. The molecule has 1 saturated heterocycles. The Morgan fingerprint density at radius 2 is 1.62 bits per heavy atom. The number of hydrogen-bond acceptors (Lipinski definition) is 3. The zero-order valence-corrected chi connectivity index (χ0v) is 22.7. The molecule has 3 rings (SSSR count). The van der Waals surface area contributed by atoms with E-state index in [0.29, 0.717) is 12.5 Å². The molecule has 2 aliphatic rings. The maximum absolute atomic E-state index is 8.88. The summed E-state index contributed by atoms with van der Waals surface area (Å²) < 4.78 is 0. The molecule has 0 unspecified atom stereocenters. The molecular weight excluding hydrogens is 416 g/mol. The maximum Gasteiger partial charge on any atom is 0.0431 e. The molecule has 0 atom stereocenters. The lowest BCUT2D eigenvalue weighted by atomic mass is 9.63. The third kappa shape index (κ3) is 6.98. The van der Waals surface area contributed by atoms with Crippen molar-refractivity contribution < 1.29 is 5.11 Å². The first-order chi connectivity index (χ1) is 16.1. The smallest absolute Gasteiger partial charge is 0.0431 e. The first-order valence-corrected chi connectivity index (χ1v) is 13.7. The van der Waals surface area contributed by atoms with Gasteiger partial charge >= 0.3 is 0 Å². The first-order valence-electron chi connectivity index (χ1n) is 13.7. The van der Waals surface area contributed by atoms with E-state index in [1.165, 1.54) is 92.5 Å². The molecule has 0 aromatic heterocycles. The molecule has 0 bridgehead atoms. The van der Waals surface area contributed by atoms with Crippen molar-refractivity contribution in [2.24, 2.45) is 5.92 Å². The van der Waals surface area contributed by atoms with Gasteiger partial charge < -0.3 is 15.3 Å². The molecule has 1 aliphatic heterocycles. The lowest BCUT2D eigenvalue weighted by molar-refractivity contribution is 0.193. The van der Waals surface area contributed by atoms with E-state index in [1.54, 1.807) is 0 Å². The normalized spacial score (nSPS) is 20.7. The van der Waals surface area contributed by atoms with Crippen LogP contribution in [0.4, 0.5) is 0 Å². The highest BCUT2D eigenvalue weighted by Crippen LogP contribution is 2.46. The van der Waals surface area contributed by atoms with Crippen LogP contribution >= 0.6 is 0 Å². The third-order valence-electron chi connectivity index (χ3n) is 8.50. The quantitative estimate of drug-likeness (QED) is 0.340. The molecule has 1 fully saturated rings. The van der Waals surface area contributed by atoms with Crippen molar-refractivity contribution in [2.45, 2.75) is 103 Å². The topological polar surface area (TPSA) is 35.5 Å². The van der Waals surface area contributed by atoms with E-state index in [2.05, 4.69) is 75.8 Å². The van der Waals surface area contributed by atoms with Gasteiger partial charge in [0.15, 0.2) is 0 Å². The zero-order valence-electron chi connectivity index (χ0n) is 22.7. The zero-order chi connectivity index (χ0) is 24.8. The van der Waals surface area contributed by atoms with Gasteiger partial charge in [0.05, 0.1) is 0 Å². The first kappa shape index (κ1) is 27.0. The van der Waals surface area contributed by atoms with Crippen LogP contribution in [0.25, 0.3) is 5.57 Å². The summed E-state index contributed by atoms with van der Waals surface area (Å²) in [6, 6.07) is 7.12. The Morgan fingerprint density at radius 1 is 1.00 bits per heavy atom. The molecule has 0 amide bonds. The molecule has 34 heavy (non-hydrogen) atoms. The highest BCUT2D eigenvalue weighted by atomic mass is 16.2. The minimum Gasteiger partial charge on any atom is -0.396 e. The number of benzene rings is 1. The summed E-state index contributed by atoms with van der Waals surface area (Å²) in [5.74, 6) is 0.563. The van der Waals surface area contributed by atoms with E-state index in [-0.39, 0.29) is 10.8 Å². The van der Waals surface area contributed by atoms with E-state index in [0.717, 1.165) is 12.8 Å². The Labute approximate surface area is 209 Å². The summed E-state index contributed by atoms with van der Waals surface area (Å²) in [6.07, 6.45) is 13.0. The number of allylic oxidation sites excluding steroid dienone is 2. The van der Waals surface area contributed by atoms with Crippen LogP contribution < -0.4 is 5.32 Å². The van der Waals surface area contributed by atoms with Crippen LogP contribution in [0.1, 0.15) is 109 Å². The lowest BCUT2D eigenvalue weighted by Gasteiger charge is -2.42. The number of nitrogens with zero attached hydrogens (tertiary/aromatic N) is 1. The number of nitrogens with one attached hydrogen (secondary N) is 1. The number of aliphatic hydroxyl groups is 1. The molecule has 2 N–H and O–H groups in total. The molecule has 1 heterocycles. The van der Waals surface area contributed by atoms with Crippen LogP contribution in [0.5, 0.6) is 0 Å². The fraction of sp³-hybridized carbons (Fsp3) is 0.677. The third-order valence-corrected chi connectivity index (χ3v) is 8.50. The Kier molecular flexibility index (Phi) is 9.46. The van der Waals surface area contributed by atoms with Crippen molar-refractivity contribution in [3.05, 3.63) is 53.4 Å². The SMILES string of the molecule is C=C(N/C=C(\C)c1ccc2c(c1)C(C)(C)CCC2(C)C)C1CCN(CCCCCCCO)CC1. The van der Waals surface area contributed by atoms with Gasteiger partial charge in [-0.25, -0.2) is 0 Å². The Bertz CT molecular complexity index is 843. The van der Waals surface area contributed by atoms with Gasteiger partial charge in [0, 0.05) is 24.4 Å². The van der Waals surface area contributed by atoms with Gasteiger partial charge in [-0.1, -0.05) is 71.7 Å². The second-order valence-corrected chi connectivity index (χ2v) is 12.1. The lowest BCUT2D eigenvalue weighted by Crippen LogP contribution is -2.36. The van der Waals surface area contributed by atoms with Crippen molar-refractivity contribution in [3.63, 3.8) is 0 Å². The highest BCUT2D eigenvalue weighted by Gasteiger charge is 2.36. The van der Waals surface area contributed by atoms with Gasteiger partial charge in [-0.05, 0) is 98.2 Å². The summed E-state index contributed by atoms with van der Waals surface area (Å²) >= 11 is 0. The molecule has 0 spiro atoms. The second kappa shape index (κ2) is 11.9.